The van der Waals surface area contributed by atoms with Crippen LogP contribution in [0.3, 0.4) is 0 Å². The predicted octanol–water partition coefficient (Wildman–Crippen LogP) is 2.85. The Bertz CT molecular complexity index is 713. The van der Waals surface area contributed by atoms with Crippen molar-refractivity contribution in [2.75, 3.05) is 6.61 Å². The molecule has 25 heavy (non-hydrogen) atoms. The van der Waals surface area contributed by atoms with Crippen molar-refractivity contribution in [1.29, 1.82) is 0 Å². The number of rotatable bonds is 7. The Labute approximate surface area is 148 Å². The molecule has 1 aromatic carbocycles. The highest BCUT2D eigenvalue weighted by Crippen LogP contribution is 2.28. The Morgan fingerprint density at radius 1 is 1.28 bits per heavy atom. The first-order chi connectivity index (χ1) is 12.1. The summed E-state index contributed by atoms with van der Waals surface area (Å²) < 4.78 is 11.5. The minimum absolute atomic E-state index is 0.0411. The van der Waals surface area contributed by atoms with Gasteiger partial charge in [0.15, 0.2) is 0 Å². The maximum absolute atomic E-state index is 11.1. The van der Waals surface area contributed by atoms with Crippen molar-refractivity contribution in [2.45, 2.75) is 52.0 Å². The van der Waals surface area contributed by atoms with Crippen molar-refractivity contribution >= 4 is 5.91 Å². The number of aryl methyl sites for hydroxylation is 1. The van der Waals surface area contributed by atoms with E-state index in [1.54, 1.807) is 6.92 Å². The smallest absolute Gasteiger partial charge is 0.219 e. The van der Waals surface area contributed by atoms with Gasteiger partial charge in [0.1, 0.15) is 5.75 Å². The maximum atomic E-state index is 11.1. The van der Waals surface area contributed by atoms with Crippen LogP contribution in [0.1, 0.15) is 43.5 Å². The predicted molar refractivity (Wildman–Crippen MR) is 93.3 cm³/mol. The Morgan fingerprint density at radius 2 is 2.08 bits per heavy atom. The maximum Gasteiger partial charge on any atom is 0.219 e. The molecule has 1 saturated carbocycles. The van der Waals surface area contributed by atoms with Gasteiger partial charge in [0.25, 0.3) is 0 Å². The van der Waals surface area contributed by atoms with E-state index in [1.165, 1.54) is 0 Å². The van der Waals surface area contributed by atoms with Crippen molar-refractivity contribution in [2.24, 2.45) is 5.92 Å². The van der Waals surface area contributed by atoms with E-state index in [9.17, 15) is 4.79 Å². The van der Waals surface area contributed by atoms with E-state index >= 15 is 0 Å². The molecule has 1 aromatic heterocycles. The molecule has 6 heteroatoms. The van der Waals surface area contributed by atoms with E-state index in [0.717, 1.165) is 37.0 Å². The quantitative estimate of drug-likeness (QED) is 0.836. The van der Waals surface area contributed by atoms with Crippen LogP contribution in [0.2, 0.25) is 0 Å². The van der Waals surface area contributed by atoms with Gasteiger partial charge < -0.3 is 14.5 Å². The van der Waals surface area contributed by atoms with Gasteiger partial charge in [-0.25, -0.2) is 0 Å². The van der Waals surface area contributed by atoms with Crippen LogP contribution >= 0.6 is 0 Å². The van der Waals surface area contributed by atoms with Crippen LogP contribution in [0.15, 0.2) is 28.7 Å². The number of para-hydroxylation sites is 1. The Morgan fingerprint density at radius 3 is 2.88 bits per heavy atom. The van der Waals surface area contributed by atoms with Gasteiger partial charge in [-0.05, 0) is 43.7 Å². The van der Waals surface area contributed by atoms with E-state index in [1.807, 2.05) is 31.2 Å². The monoisotopic (exact) mass is 343 g/mol. The summed E-state index contributed by atoms with van der Waals surface area (Å²) in [5.74, 6) is 2.71. The van der Waals surface area contributed by atoms with Gasteiger partial charge in [-0.15, -0.1) is 10.2 Å². The van der Waals surface area contributed by atoms with Gasteiger partial charge in [-0.1, -0.05) is 18.2 Å². The minimum atomic E-state index is 0.0411. The average molecular weight is 343 g/mol. The molecule has 134 valence electrons. The number of amides is 1. The van der Waals surface area contributed by atoms with Gasteiger partial charge in [0.2, 0.25) is 17.7 Å². The van der Waals surface area contributed by atoms with E-state index < -0.39 is 0 Å². The molecule has 0 spiro atoms. The molecule has 2 aromatic rings. The molecule has 1 heterocycles. The summed E-state index contributed by atoms with van der Waals surface area (Å²) in [6.45, 7) is 4.10. The fraction of sp³-hybridized carbons (Fsp3) is 0.526. The number of carbonyl (C=O) groups excluding carboxylic acids is 1. The molecule has 1 aliphatic carbocycles. The van der Waals surface area contributed by atoms with Crippen LogP contribution in [0.4, 0.5) is 0 Å². The molecule has 0 aliphatic heterocycles. The molecule has 0 unspecified atom stereocenters. The minimum Gasteiger partial charge on any atom is -0.493 e. The zero-order valence-corrected chi connectivity index (χ0v) is 14.8. The summed E-state index contributed by atoms with van der Waals surface area (Å²) >= 11 is 0. The number of benzene rings is 1. The van der Waals surface area contributed by atoms with Crippen LogP contribution in [0, 0.1) is 12.8 Å². The zero-order valence-electron chi connectivity index (χ0n) is 14.8. The first kappa shape index (κ1) is 17.5. The summed E-state index contributed by atoms with van der Waals surface area (Å²) in [6, 6.07) is 8.22. The highest BCUT2D eigenvalue weighted by molar-refractivity contribution is 5.73. The van der Waals surface area contributed by atoms with Crippen molar-refractivity contribution < 1.29 is 13.9 Å². The van der Waals surface area contributed by atoms with Crippen molar-refractivity contribution in [1.82, 2.24) is 15.5 Å². The average Bonchev–Trinajstić information content (AvgIpc) is 3.19. The lowest BCUT2D eigenvalue weighted by Gasteiger charge is -2.10. The second-order valence-corrected chi connectivity index (χ2v) is 6.73. The number of carbonyl (C=O) groups is 1. The van der Waals surface area contributed by atoms with Gasteiger partial charge >= 0.3 is 0 Å². The molecule has 0 radical (unpaired) electrons. The molecule has 1 aliphatic rings. The lowest BCUT2D eigenvalue weighted by atomic mass is 10.0. The largest absolute Gasteiger partial charge is 0.493 e. The molecule has 3 rings (SSSR count). The van der Waals surface area contributed by atoms with Crippen molar-refractivity contribution in [3.05, 3.63) is 41.6 Å². The fourth-order valence-electron chi connectivity index (χ4n) is 3.36. The van der Waals surface area contributed by atoms with Crippen LogP contribution in [0.5, 0.6) is 5.75 Å². The normalized spacial score (nSPS) is 19.8. The number of nitrogens with zero attached hydrogens (tertiary/aromatic N) is 2. The molecule has 1 fully saturated rings. The lowest BCUT2D eigenvalue weighted by Crippen LogP contribution is -2.30. The van der Waals surface area contributed by atoms with E-state index in [-0.39, 0.29) is 11.9 Å². The first-order valence-corrected chi connectivity index (χ1v) is 8.87. The topological polar surface area (TPSA) is 77.2 Å². The summed E-state index contributed by atoms with van der Waals surface area (Å²) in [5, 5.41) is 11.3. The van der Waals surface area contributed by atoms with Gasteiger partial charge in [-0.2, -0.15) is 0 Å². The first-order valence-electron chi connectivity index (χ1n) is 8.87. The van der Waals surface area contributed by atoms with Crippen LogP contribution in [-0.2, 0) is 17.6 Å². The van der Waals surface area contributed by atoms with Gasteiger partial charge in [0.05, 0.1) is 13.0 Å². The van der Waals surface area contributed by atoms with Gasteiger partial charge in [0, 0.05) is 19.4 Å². The van der Waals surface area contributed by atoms with Crippen LogP contribution in [-0.4, -0.2) is 28.8 Å². The third-order valence-electron chi connectivity index (χ3n) is 4.59. The summed E-state index contributed by atoms with van der Waals surface area (Å²) in [6.07, 6.45) is 4.46. The Hall–Kier alpha value is -2.37. The van der Waals surface area contributed by atoms with E-state index in [2.05, 4.69) is 15.5 Å². The third kappa shape index (κ3) is 5.05. The van der Waals surface area contributed by atoms with E-state index in [4.69, 9.17) is 9.15 Å². The molecule has 2 atom stereocenters. The summed E-state index contributed by atoms with van der Waals surface area (Å²) in [5.41, 5.74) is 1.11. The molecule has 0 saturated heterocycles. The number of hydrogen-bond acceptors (Lipinski definition) is 5. The van der Waals surface area contributed by atoms with Gasteiger partial charge in [-0.3, -0.25) is 4.79 Å². The van der Waals surface area contributed by atoms with E-state index in [0.29, 0.717) is 30.7 Å². The highest BCUT2D eigenvalue weighted by Gasteiger charge is 2.26. The second-order valence-electron chi connectivity index (χ2n) is 6.73. The number of hydrogen-bond donors (Lipinski definition) is 1. The Balaban J connectivity index is 1.43. The van der Waals surface area contributed by atoms with Crippen molar-refractivity contribution in [3.8, 4) is 5.75 Å². The number of ether oxygens (including phenoxy) is 1. The molecule has 1 amide bonds. The molecular weight excluding hydrogens is 318 g/mol. The second kappa shape index (κ2) is 8.14. The summed E-state index contributed by atoms with van der Waals surface area (Å²) in [7, 11) is 0. The molecular formula is C19H25N3O3. The van der Waals surface area contributed by atoms with Crippen molar-refractivity contribution in [3.63, 3.8) is 0 Å². The lowest BCUT2D eigenvalue weighted by molar-refractivity contribution is -0.119. The molecule has 1 N–H and O–H groups in total. The third-order valence-corrected chi connectivity index (χ3v) is 4.59. The summed E-state index contributed by atoms with van der Waals surface area (Å²) in [4.78, 5) is 11.1. The number of aromatic nitrogens is 2. The fourth-order valence-corrected chi connectivity index (χ4v) is 3.36. The standard InChI is InChI=1S/C19H25N3O3/c1-13-5-3-4-6-17(13)24-10-9-18-21-22-19(25-18)12-15-7-8-16(11-15)20-14(2)23/h3-6,15-16H,7-12H2,1-2H3,(H,20,23)/t15-,16+/m1/s1. The molecule has 6 nitrogen and oxygen atoms in total. The zero-order chi connectivity index (χ0) is 17.6. The SMILES string of the molecule is CC(=O)N[C@H]1CC[C@@H](Cc2nnc(CCOc3ccccc3C)o2)C1. The van der Waals surface area contributed by atoms with Crippen LogP contribution < -0.4 is 10.1 Å². The molecule has 0 bridgehead atoms. The van der Waals surface area contributed by atoms with Crippen LogP contribution in [0.25, 0.3) is 0 Å². The number of nitrogens with one attached hydrogen (secondary N) is 1. The Kier molecular flexibility index (Phi) is 5.68. The highest BCUT2D eigenvalue weighted by atomic mass is 16.5.